The number of amides is 1. The van der Waals surface area contributed by atoms with Gasteiger partial charge in [-0.25, -0.2) is 4.39 Å². The van der Waals surface area contributed by atoms with Crippen molar-refractivity contribution in [1.29, 1.82) is 0 Å². The molecule has 2 aromatic rings. The highest BCUT2D eigenvalue weighted by Gasteiger charge is 2.31. The molecule has 3 nitrogen and oxygen atoms in total. The average molecular weight is 387 g/mol. The summed E-state index contributed by atoms with van der Waals surface area (Å²) in [5.74, 6) is -1.15. The van der Waals surface area contributed by atoms with Gasteiger partial charge in [0, 0.05) is 36.9 Å². The molecular formula is C18H15ClF4N2O. The topological polar surface area (TPSA) is 23.6 Å². The molecule has 0 bridgehead atoms. The maximum absolute atomic E-state index is 13.9. The predicted octanol–water partition coefficient (Wildman–Crippen LogP) is 4.46. The maximum atomic E-state index is 13.9. The van der Waals surface area contributed by atoms with Gasteiger partial charge in [0.1, 0.15) is 5.82 Å². The van der Waals surface area contributed by atoms with Crippen LogP contribution in [0.5, 0.6) is 0 Å². The first-order chi connectivity index (χ1) is 12.3. The summed E-state index contributed by atoms with van der Waals surface area (Å²) in [6.07, 6.45) is -4.40. The Morgan fingerprint density at radius 2 is 1.69 bits per heavy atom. The number of carbonyl (C=O) groups excluding carboxylic acids is 1. The molecule has 26 heavy (non-hydrogen) atoms. The second-order valence-corrected chi connectivity index (χ2v) is 6.39. The first-order valence-corrected chi connectivity index (χ1v) is 8.30. The zero-order valence-corrected chi connectivity index (χ0v) is 14.3. The van der Waals surface area contributed by atoms with Gasteiger partial charge in [0.2, 0.25) is 0 Å². The van der Waals surface area contributed by atoms with Crippen molar-refractivity contribution < 1.29 is 22.4 Å². The van der Waals surface area contributed by atoms with Crippen LogP contribution >= 0.6 is 11.6 Å². The lowest BCUT2D eigenvalue weighted by molar-refractivity contribution is -0.137. The molecule has 1 fully saturated rings. The number of halogens is 5. The maximum Gasteiger partial charge on any atom is 0.416 e. The Morgan fingerprint density at radius 1 is 1.00 bits per heavy atom. The second-order valence-electron chi connectivity index (χ2n) is 5.95. The minimum Gasteiger partial charge on any atom is -0.368 e. The van der Waals surface area contributed by atoms with Crippen LogP contribution in [0.15, 0.2) is 42.5 Å². The molecule has 1 heterocycles. The number of piperazine rings is 1. The number of nitrogens with zero attached hydrogens (tertiary/aromatic N) is 2. The van der Waals surface area contributed by atoms with E-state index < -0.39 is 23.5 Å². The normalized spacial score (nSPS) is 15.3. The van der Waals surface area contributed by atoms with E-state index in [-0.39, 0.29) is 23.7 Å². The summed E-state index contributed by atoms with van der Waals surface area (Å²) in [5.41, 5.74) is -0.330. The lowest BCUT2D eigenvalue weighted by Crippen LogP contribution is -2.49. The number of carbonyl (C=O) groups is 1. The first-order valence-electron chi connectivity index (χ1n) is 7.92. The summed E-state index contributed by atoms with van der Waals surface area (Å²) < 4.78 is 52.4. The second kappa shape index (κ2) is 7.15. The Balaban J connectivity index is 1.68. The van der Waals surface area contributed by atoms with E-state index in [0.29, 0.717) is 18.8 Å². The number of benzene rings is 2. The molecule has 0 aliphatic carbocycles. The highest BCUT2D eigenvalue weighted by molar-refractivity contribution is 6.30. The fourth-order valence-electron chi connectivity index (χ4n) is 2.88. The van der Waals surface area contributed by atoms with Gasteiger partial charge in [-0.05, 0) is 36.4 Å². The molecule has 0 atom stereocenters. The summed E-state index contributed by atoms with van der Waals surface area (Å²) >= 11 is 5.69. The van der Waals surface area contributed by atoms with E-state index in [2.05, 4.69) is 0 Å². The van der Waals surface area contributed by atoms with Crippen LogP contribution in [0.4, 0.5) is 23.2 Å². The Labute approximate surface area is 152 Å². The lowest BCUT2D eigenvalue weighted by Gasteiger charge is -2.36. The fourth-order valence-corrected chi connectivity index (χ4v) is 3.04. The van der Waals surface area contributed by atoms with Crippen LogP contribution in [0, 0.1) is 5.82 Å². The van der Waals surface area contributed by atoms with Gasteiger partial charge in [-0.3, -0.25) is 4.79 Å². The van der Waals surface area contributed by atoms with Gasteiger partial charge in [0.15, 0.2) is 0 Å². The number of hydrogen-bond acceptors (Lipinski definition) is 2. The van der Waals surface area contributed by atoms with Crippen LogP contribution in [0.25, 0.3) is 0 Å². The molecule has 1 amide bonds. The zero-order chi connectivity index (χ0) is 18.9. The molecule has 2 aromatic carbocycles. The van der Waals surface area contributed by atoms with Gasteiger partial charge >= 0.3 is 6.18 Å². The van der Waals surface area contributed by atoms with E-state index in [9.17, 15) is 22.4 Å². The van der Waals surface area contributed by atoms with Gasteiger partial charge in [0.25, 0.3) is 5.91 Å². The molecule has 0 aromatic heterocycles. The van der Waals surface area contributed by atoms with E-state index in [1.54, 1.807) is 11.0 Å². The molecule has 1 saturated heterocycles. The Bertz CT molecular complexity index is 817. The zero-order valence-electron chi connectivity index (χ0n) is 13.6. The van der Waals surface area contributed by atoms with Crippen molar-refractivity contribution in [2.24, 2.45) is 0 Å². The van der Waals surface area contributed by atoms with E-state index in [1.165, 1.54) is 23.1 Å². The number of rotatable bonds is 2. The summed E-state index contributed by atoms with van der Waals surface area (Å²) in [5, 5.41) is 0.202. The van der Waals surface area contributed by atoms with E-state index >= 15 is 0 Å². The molecule has 0 saturated carbocycles. The van der Waals surface area contributed by atoms with Crippen LogP contribution in [0.1, 0.15) is 15.9 Å². The minimum absolute atomic E-state index is 0.0677. The van der Waals surface area contributed by atoms with Crippen LogP contribution in [0.2, 0.25) is 5.02 Å². The van der Waals surface area contributed by atoms with Gasteiger partial charge in [0.05, 0.1) is 11.1 Å². The van der Waals surface area contributed by atoms with Crippen LogP contribution in [-0.2, 0) is 6.18 Å². The molecule has 0 radical (unpaired) electrons. The number of hydrogen-bond donors (Lipinski definition) is 0. The van der Waals surface area contributed by atoms with E-state index in [1.807, 2.05) is 0 Å². The SMILES string of the molecule is O=C(c1ccc(Cl)cc1F)N1CCN(c2cccc(C(F)(F)F)c2)CC1. The van der Waals surface area contributed by atoms with E-state index in [4.69, 9.17) is 11.6 Å². The Hall–Kier alpha value is -2.28. The molecule has 0 spiro atoms. The van der Waals surface area contributed by atoms with Crippen molar-refractivity contribution in [2.75, 3.05) is 31.1 Å². The fraction of sp³-hybridized carbons (Fsp3) is 0.278. The smallest absolute Gasteiger partial charge is 0.368 e. The Morgan fingerprint density at radius 3 is 2.31 bits per heavy atom. The van der Waals surface area contributed by atoms with Crippen LogP contribution in [0.3, 0.4) is 0 Å². The third-order valence-electron chi connectivity index (χ3n) is 4.27. The molecule has 0 unspecified atom stereocenters. The van der Waals surface area contributed by atoms with Gasteiger partial charge in [-0.15, -0.1) is 0 Å². The largest absolute Gasteiger partial charge is 0.416 e. The highest BCUT2D eigenvalue weighted by Crippen LogP contribution is 2.32. The summed E-state index contributed by atoms with van der Waals surface area (Å²) in [4.78, 5) is 15.7. The van der Waals surface area contributed by atoms with E-state index in [0.717, 1.165) is 18.2 Å². The summed E-state index contributed by atoms with van der Waals surface area (Å²) in [7, 11) is 0. The van der Waals surface area contributed by atoms with Crippen LogP contribution in [-0.4, -0.2) is 37.0 Å². The van der Waals surface area contributed by atoms with Gasteiger partial charge in [-0.1, -0.05) is 17.7 Å². The predicted molar refractivity (Wildman–Crippen MR) is 91.0 cm³/mol. The lowest BCUT2D eigenvalue weighted by atomic mass is 10.1. The first kappa shape index (κ1) is 18.5. The Kier molecular flexibility index (Phi) is 5.09. The molecule has 1 aliphatic rings. The third kappa shape index (κ3) is 3.93. The van der Waals surface area contributed by atoms with Crippen molar-refractivity contribution >= 4 is 23.2 Å². The van der Waals surface area contributed by atoms with Crippen LogP contribution < -0.4 is 4.90 Å². The number of alkyl halides is 3. The molecule has 3 rings (SSSR count). The molecule has 8 heteroatoms. The molecule has 1 aliphatic heterocycles. The quantitative estimate of drug-likeness (QED) is 0.711. The van der Waals surface area contributed by atoms with Crippen molar-refractivity contribution in [3.8, 4) is 0 Å². The minimum atomic E-state index is -4.40. The molecule has 138 valence electrons. The van der Waals surface area contributed by atoms with Crippen molar-refractivity contribution in [3.63, 3.8) is 0 Å². The standard InChI is InChI=1S/C18H15ClF4N2O/c19-13-4-5-15(16(20)11-13)17(26)25-8-6-24(7-9-25)14-3-1-2-12(10-14)18(21,22)23/h1-5,10-11H,6-9H2. The van der Waals surface area contributed by atoms with Gasteiger partial charge in [-0.2, -0.15) is 13.2 Å². The molecular weight excluding hydrogens is 372 g/mol. The van der Waals surface area contributed by atoms with Gasteiger partial charge < -0.3 is 9.80 Å². The monoisotopic (exact) mass is 386 g/mol. The number of anilines is 1. The summed E-state index contributed by atoms with van der Waals surface area (Å²) in [6.45, 7) is 1.30. The summed E-state index contributed by atoms with van der Waals surface area (Å²) in [6, 6.07) is 8.93. The highest BCUT2D eigenvalue weighted by atomic mass is 35.5. The molecule has 0 N–H and O–H groups in total. The van der Waals surface area contributed by atoms with Crippen molar-refractivity contribution in [1.82, 2.24) is 4.90 Å². The van der Waals surface area contributed by atoms with Crippen molar-refractivity contribution in [3.05, 3.63) is 64.4 Å². The average Bonchev–Trinajstić information content (AvgIpc) is 2.61. The third-order valence-corrected chi connectivity index (χ3v) is 4.50. The van der Waals surface area contributed by atoms with Crippen molar-refractivity contribution in [2.45, 2.75) is 6.18 Å².